The van der Waals surface area contributed by atoms with Crippen LogP contribution in [-0.4, -0.2) is 19.1 Å². The maximum atomic E-state index is 6.17. The third kappa shape index (κ3) is 2.43. The SMILES string of the molecule is ClCC1(CC2CCOC2)CCCCC1. The van der Waals surface area contributed by atoms with Gasteiger partial charge < -0.3 is 4.74 Å². The average molecular weight is 217 g/mol. The summed E-state index contributed by atoms with van der Waals surface area (Å²) in [6.07, 6.45) is 9.48. The van der Waals surface area contributed by atoms with Crippen molar-refractivity contribution in [2.24, 2.45) is 11.3 Å². The lowest BCUT2D eigenvalue weighted by Crippen LogP contribution is -2.29. The molecule has 2 aliphatic rings. The molecule has 2 fully saturated rings. The summed E-state index contributed by atoms with van der Waals surface area (Å²) < 4.78 is 5.45. The second-order valence-corrected chi connectivity index (χ2v) is 5.40. The maximum Gasteiger partial charge on any atom is 0.0495 e. The van der Waals surface area contributed by atoms with Crippen molar-refractivity contribution in [3.05, 3.63) is 0 Å². The second-order valence-electron chi connectivity index (χ2n) is 5.13. The molecular weight excluding hydrogens is 196 g/mol. The fourth-order valence-electron chi connectivity index (χ4n) is 3.05. The van der Waals surface area contributed by atoms with Gasteiger partial charge in [0.05, 0.1) is 0 Å². The average Bonchev–Trinajstić information content (AvgIpc) is 2.72. The molecule has 0 aromatic carbocycles. The van der Waals surface area contributed by atoms with Gasteiger partial charge in [-0.05, 0) is 37.0 Å². The van der Waals surface area contributed by atoms with E-state index in [1.54, 1.807) is 0 Å². The van der Waals surface area contributed by atoms with Crippen LogP contribution in [0.2, 0.25) is 0 Å². The van der Waals surface area contributed by atoms with E-state index in [1.807, 2.05) is 0 Å². The smallest absolute Gasteiger partial charge is 0.0495 e. The summed E-state index contributed by atoms with van der Waals surface area (Å²) >= 11 is 6.17. The molecule has 1 atom stereocenters. The number of ether oxygens (including phenoxy) is 1. The zero-order valence-electron chi connectivity index (χ0n) is 8.93. The molecule has 0 radical (unpaired) electrons. The Morgan fingerprint density at radius 2 is 2.00 bits per heavy atom. The van der Waals surface area contributed by atoms with Crippen LogP contribution in [0.3, 0.4) is 0 Å². The van der Waals surface area contributed by atoms with Crippen molar-refractivity contribution in [3.63, 3.8) is 0 Å². The molecule has 1 saturated heterocycles. The topological polar surface area (TPSA) is 9.23 Å². The van der Waals surface area contributed by atoms with Crippen LogP contribution in [0.5, 0.6) is 0 Å². The quantitative estimate of drug-likeness (QED) is 0.655. The fraction of sp³-hybridized carbons (Fsp3) is 1.00. The summed E-state index contributed by atoms with van der Waals surface area (Å²) in [7, 11) is 0. The first-order valence-corrected chi connectivity index (χ1v) is 6.52. The summed E-state index contributed by atoms with van der Waals surface area (Å²) in [5, 5.41) is 0. The van der Waals surface area contributed by atoms with E-state index >= 15 is 0 Å². The van der Waals surface area contributed by atoms with Gasteiger partial charge in [-0.2, -0.15) is 0 Å². The number of alkyl halides is 1. The number of hydrogen-bond acceptors (Lipinski definition) is 1. The minimum atomic E-state index is 0.470. The first kappa shape index (κ1) is 10.8. The first-order chi connectivity index (χ1) is 6.85. The Balaban J connectivity index is 1.89. The molecule has 0 N–H and O–H groups in total. The second kappa shape index (κ2) is 4.85. The Morgan fingerprint density at radius 3 is 2.57 bits per heavy atom. The lowest BCUT2D eigenvalue weighted by atomic mass is 9.70. The molecule has 1 unspecified atom stereocenters. The minimum absolute atomic E-state index is 0.470. The molecule has 1 aliphatic carbocycles. The summed E-state index contributed by atoms with van der Waals surface area (Å²) in [6, 6.07) is 0. The van der Waals surface area contributed by atoms with Crippen molar-refractivity contribution >= 4 is 11.6 Å². The summed E-state index contributed by atoms with van der Waals surface area (Å²) in [5.74, 6) is 1.66. The Bertz CT molecular complexity index is 169. The Labute approximate surface area is 92.2 Å². The van der Waals surface area contributed by atoms with Crippen LogP contribution < -0.4 is 0 Å². The molecule has 0 aromatic heterocycles. The molecule has 0 spiro atoms. The van der Waals surface area contributed by atoms with Gasteiger partial charge in [0, 0.05) is 19.1 Å². The van der Waals surface area contributed by atoms with Crippen molar-refractivity contribution in [1.29, 1.82) is 0 Å². The van der Waals surface area contributed by atoms with E-state index in [4.69, 9.17) is 16.3 Å². The van der Waals surface area contributed by atoms with Gasteiger partial charge in [0.15, 0.2) is 0 Å². The summed E-state index contributed by atoms with van der Waals surface area (Å²) in [5.41, 5.74) is 0.470. The third-order valence-electron chi connectivity index (χ3n) is 3.94. The standard InChI is InChI=1S/C12H21ClO/c13-10-12(5-2-1-3-6-12)8-11-4-7-14-9-11/h11H,1-10H2. The maximum absolute atomic E-state index is 6.17. The predicted molar refractivity (Wildman–Crippen MR) is 59.8 cm³/mol. The van der Waals surface area contributed by atoms with Crippen molar-refractivity contribution in [3.8, 4) is 0 Å². The highest BCUT2D eigenvalue weighted by molar-refractivity contribution is 6.18. The van der Waals surface area contributed by atoms with E-state index in [1.165, 1.54) is 44.9 Å². The molecule has 0 bridgehead atoms. The highest BCUT2D eigenvalue weighted by Crippen LogP contribution is 2.43. The molecule has 0 amide bonds. The molecule has 14 heavy (non-hydrogen) atoms. The van der Waals surface area contributed by atoms with Crippen LogP contribution >= 0.6 is 11.6 Å². The molecular formula is C12H21ClO. The molecule has 1 heterocycles. The number of halogens is 1. The van der Waals surface area contributed by atoms with Crippen LogP contribution in [0, 0.1) is 11.3 Å². The van der Waals surface area contributed by atoms with Crippen molar-refractivity contribution in [1.82, 2.24) is 0 Å². The van der Waals surface area contributed by atoms with Gasteiger partial charge >= 0.3 is 0 Å². The third-order valence-corrected chi connectivity index (χ3v) is 4.51. The molecule has 0 aromatic rings. The highest BCUT2D eigenvalue weighted by atomic mass is 35.5. The molecule has 2 rings (SSSR count). The predicted octanol–water partition coefficient (Wildman–Crippen LogP) is 3.60. The molecule has 1 saturated carbocycles. The number of hydrogen-bond donors (Lipinski definition) is 0. The molecule has 2 heteroatoms. The first-order valence-electron chi connectivity index (χ1n) is 5.98. The van der Waals surface area contributed by atoms with Crippen LogP contribution in [-0.2, 0) is 4.74 Å². The van der Waals surface area contributed by atoms with Crippen LogP contribution in [0.25, 0.3) is 0 Å². The van der Waals surface area contributed by atoms with Gasteiger partial charge in [-0.15, -0.1) is 11.6 Å². The van der Waals surface area contributed by atoms with Gasteiger partial charge in [-0.3, -0.25) is 0 Å². The summed E-state index contributed by atoms with van der Waals surface area (Å²) in [6.45, 7) is 1.96. The van der Waals surface area contributed by atoms with Crippen molar-refractivity contribution in [2.45, 2.75) is 44.9 Å². The van der Waals surface area contributed by atoms with Gasteiger partial charge in [-0.1, -0.05) is 19.3 Å². The van der Waals surface area contributed by atoms with Gasteiger partial charge in [0.1, 0.15) is 0 Å². The lowest BCUT2D eigenvalue weighted by molar-refractivity contribution is 0.142. The van der Waals surface area contributed by atoms with Crippen molar-refractivity contribution in [2.75, 3.05) is 19.1 Å². The fourth-order valence-corrected chi connectivity index (χ4v) is 3.43. The van der Waals surface area contributed by atoms with E-state index in [9.17, 15) is 0 Å². The zero-order valence-corrected chi connectivity index (χ0v) is 9.69. The van der Waals surface area contributed by atoms with Gasteiger partial charge in [-0.25, -0.2) is 0 Å². The van der Waals surface area contributed by atoms with Gasteiger partial charge in [0.25, 0.3) is 0 Å². The van der Waals surface area contributed by atoms with Gasteiger partial charge in [0.2, 0.25) is 0 Å². The largest absolute Gasteiger partial charge is 0.381 e. The van der Waals surface area contributed by atoms with E-state index in [-0.39, 0.29) is 0 Å². The molecule has 1 aliphatic heterocycles. The molecule has 1 nitrogen and oxygen atoms in total. The van der Waals surface area contributed by atoms with E-state index in [0.29, 0.717) is 5.41 Å². The van der Waals surface area contributed by atoms with E-state index in [0.717, 1.165) is 25.0 Å². The minimum Gasteiger partial charge on any atom is -0.381 e. The lowest BCUT2D eigenvalue weighted by Gasteiger charge is -2.37. The van der Waals surface area contributed by atoms with E-state index < -0.39 is 0 Å². The molecule has 82 valence electrons. The Morgan fingerprint density at radius 1 is 1.21 bits per heavy atom. The number of rotatable bonds is 3. The van der Waals surface area contributed by atoms with E-state index in [2.05, 4.69) is 0 Å². The van der Waals surface area contributed by atoms with Crippen LogP contribution in [0.1, 0.15) is 44.9 Å². The highest BCUT2D eigenvalue weighted by Gasteiger charge is 2.34. The van der Waals surface area contributed by atoms with Crippen molar-refractivity contribution < 1.29 is 4.74 Å². The zero-order chi connectivity index (χ0) is 9.86. The Hall–Kier alpha value is 0.250. The monoisotopic (exact) mass is 216 g/mol. The normalized spacial score (nSPS) is 31.9. The van der Waals surface area contributed by atoms with Crippen LogP contribution in [0.4, 0.5) is 0 Å². The Kier molecular flexibility index (Phi) is 3.73. The van der Waals surface area contributed by atoms with Crippen LogP contribution in [0.15, 0.2) is 0 Å². The summed E-state index contributed by atoms with van der Waals surface area (Å²) in [4.78, 5) is 0.